The zero-order chi connectivity index (χ0) is 56.2. The van der Waals surface area contributed by atoms with Crippen LogP contribution in [-0.2, 0) is 46.2 Å². The molecule has 0 unspecified atom stereocenters. The number of esters is 1. The number of anilines is 2. The van der Waals surface area contributed by atoms with Crippen LogP contribution in [0.5, 0.6) is 11.5 Å². The molecule has 0 radical (unpaired) electrons. The molecule has 2 fully saturated rings. The van der Waals surface area contributed by atoms with Crippen molar-refractivity contribution in [2.45, 2.75) is 65.5 Å². The molecule has 2 saturated heterocycles. The molecule has 416 valence electrons. The molecule has 80 heavy (non-hydrogen) atoms. The molecule has 6 heterocycles. The first-order chi connectivity index (χ1) is 38.7. The summed E-state index contributed by atoms with van der Waals surface area (Å²) in [5, 5.41) is 9.73. The Balaban J connectivity index is 0.000000194. The van der Waals surface area contributed by atoms with E-state index >= 15 is 0 Å². The fourth-order valence-electron chi connectivity index (χ4n) is 10.1. The van der Waals surface area contributed by atoms with Crippen LogP contribution in [0.1, 0.15) is 58.3 Å². The minimum atomic E-state index is -4.60. The van der Waals surface area contributed by atoms with Crippen molar-refractivity contribution >= 4 is 23.8 Å². The van der Waals surface area contributed by atoms with Crippen molar-refractivity contribution in [2.75, 3.05) is 56.3 Å². The molecule has 0 saturated carbocycles. The largest absolute Gasteiger partial charge is 0.493 e. The lowest BCUT2D eigenvalue weighted by Gasteiger charge is -2.17. The number of carboxylic acid groups (broad SMARTS) is 1. The lowest BCUT2D eigenvalue weighted by molar-refractivity contribution is -0.146. The Morgan fingerprint density at radius 3 is 1.51 bits per heavy atom. The quantitative estimate of drug-likeness (QED) is 0.0708. The second-order valence-corrected chi connectivity index (χ2v) is 20.0. The molecular formula is C61H63F3N8O8. The Hall–Kier alpha value is -8.61. The second-order valence-electron chi connectivity index (χ2n) is 20.0. The van der Waals surface area contributed by atoms with E-state index in [4.69, 9.17) is 23.0 Å². The first kappa shape index (κ1) is 56.1. The Bertz CT molecular complexity index is 3310. The summed E-state index contributed by atoms with van der Waals surface area (Å²) in [4.78, 5) is 53.8. The number of ether oxygens (including phenoxy) is 3. The predicted molar refractivity (Wildman–Crippen MR) is 293 cm³/mol. The molecule has 4 atom stereocenters. The first-order valence-electron chi connectivity index (χ1n) is 26.6. The third-order valence-corrected chi connectivity index (χ3v) is 14.5. The van der Waals surface area contributed by atoms with Gasteiger partial charge in [-0.3, -0.25) is 9.59 Å². The summed E-state index contributed by atoms with van der Waals surface area (Å²) >= 11 is 0. The van der Waals surface area contributed by atoms with E-state index in [2.05, 4.69) is 46.9 Å². The molecule has 10 rings (SSSR count). The average molecular weight is 1090 g/mol. The Labute approximate surface area is 462 Å². The van der Waals surface area contributed by atoms with E-state index in [1.807, 2.05) is 124 Å². The number of alkyl halides is 3. The fraction of sp³-hybridized carbons (Fsp3) is 0.344. The van der Waals surface area contributed by atoms with E-state index in [1.54, 1.807) is 6.20 Å². The summed E-state index contributed by atoms with van der Waals surface area (Å²) in [6.45, 7) is 8.35. The summed E-state index contributed by atoms with van der Waals surface area (Å²) < 4.78 is 67.9. The summed E-state index contributed by atoms with van der Waals surface area (Å²) in [7, 11) is 1.45. The van der Waals surface area contributed by atoms with Crippen molar-refractivity contribution in [1.82, 2.24) is 29.9 Å². The van der Waals surface area contributed by atoms with Gasteiger partial charge < -0.3 is 38.0 Å². The number of carbonyl (C=O) groups is 2. The van der Waals surface area contributed by atoms with E-state index in [0.29, 0.717) is 68.9 Å². The van der Waals surface area contributed by atoms with Gasteiger partial charge in [0, 0.05) is 68.2 Å². The van der Waals surface area contributed by atoms with Crippen LogP contribution in [0.4, 0.5) is 25.1 Å². The Kier molecular flexibility index (Phi) is 18.2. The minimum absolute atomic E-state index is 0.0614. The van der Waals surface area contributed by atoms with E-state index < -0.39 is 23.8 Å². The molecule has 8 aromatic rings. The summed E-state index contributed by atoms with van der Waals surface area (Å²) in [5.74, 6) is 2.73. The maximum atomic E-state index is 13.1. The maximum absolute atomic E-state index is 13.1. The number of rotatable bonds is 20. The number of carbonyl (C=O) groups excluding carboxylic acids is 1. The standard InChI is InChI=1S/C31H34N4O4.C30H29F3N4O4/c1-21-15-17-32-31(33-21)35-19-25(27(20-35)30(36)37-3)12-9-23-10-13-26(14-11-23)38-18-16-28-22(2)39-29(34-28)24-7-5-4-6-8-24;1-19-25(35-27(41-19)21-5-3-2-4-6-21)14-16-40-23-11-8-20(9-12-23)7-10-22-17-37(18-24(22)28(38)39)29-34-15-13-26(36-29)30(31,32)33/h4-8,10-11,13-15,17,25,27H,9,12,16,18-20H2,1-3H3;2-6,8-9,11-13,15,22,24H,7,10,14,16-18H2,1H3,(H,38,39)/t25-,27+;22-,24+/m11/s1. The van der Waals surface area contributed by atoms with Gasteiger partial charge >= 0.3 is 18.1 Å². The predicted octanol–water partition coefficient (Wildman–Crippen LogP) is 11.1. The van der Waals surface area contributed by atoms with Gasteiger partial charge in [-0.25, -0.2) is 29.9 Å². The van der Waals surface area contributed by atoms with Gasteiger partial charge in [-0.2, -0.15) is 13.2 Å². The summed E-state index contributed by atoms with van der Waals surface area (Å²) in [6.07, 6.45) is 2.38. The van der Waals surface area contributed by atoms with Crippen molar-refractivity contribution in [2.24, 2.45) is 23.7 Å². The zero-order valence-electron chi connectivity index (χ0n) is 45.0. The number of benzene rings is 4. The van der Waals surface area contributed by atoms with Crippen LogP contribution in [0.2, 0.25) is 0 Å². The van der Waals surface area contributed by atoms with Gasteiger partial charge in [-0.15, -0.1) is 0 Å². The van der Waals surface area contributed by atoms with Crippen LogP contribution >= 0.6 is 0 Å². The van der Waals surface area contributed by atoms with Crippen molar-refractivity contribution < 1.29 is 50.9 Å². The molecule has 19 heteroatoms. The van der Waals surface area contributed by atoms with Gasteiger partial charge in [0.05, 0.1) is 43.5 Å². The molecule has 2 aliphatic heterocycles. The monoisotopic (exact) mass is 1090 g/mol. The highest BCUT2D eigenvalue weighted by Gasteiger charge is 2.41. The van der Waals surface area contributed by atoms with E-state index in [9.17, 15) is 27.9 Å². The van der Waals surface area contributed by atoms with E-state index in [0.717, 1.165) is 82.7 Å². The van der Waals surface area contributed by atoms with Gasteiger partial charge in [0.2, 0.25) is 23.7 Å². The number of methoxy groups -OCH3 is 1. The lowest BCUT2D eigenvalue weighted by atomic mass is 9.90. The topological polar surface area (TPSA) is 192 Å². The number of aliphatic carboxylic acids is 1. The smallest absolute Gasteiger partial charge is 0.433 e. The van der Waals surface area contributed by atoms with Crippen LogP contribution < -0.4 is 19.3 Å². The normalized spacial score (nSPS) is 17.0. The SMILES string of the molecule is COC(=O)[C@H]1CN(c2nccc(C)n2)C[C@H]1CCc1ccc(OCCc2nc(-c3ccccc3)oc2C)cc1.Cc1oc(-c2ccccc2)nc1CCOc1ccc(CC[C@@H]2CN(c3nccc(C(F)(F)F)n3)C[C@@H]2C(=O)O)cc1. The highest BCUT2D eigenvalue weighted by molar-refractivity contribution is 5.74. The fourth-order valence-corrected chi connectivity index (χ4v) is 10.1. The molecule has 16 nitrogen and oxygen atoms in total. The van der Waals surface area contributed by atoms with Crippen molar-refractivity contribution in [1.29, 1.82) is 0 Å². The van der Waals surface area contributed by atoms with Crippen LogP contribution in [0.15, 0.2) is 143 Å². The van der Waals surface area contributed by atoms with Crippen LogP contribution in [0.3, 0.4) is 0 Å². The molecular weight excluding hydrogens is 1030 g/mol. The third kappa shape index (κ3) is 14.5. The molecule has 2 aliphatic rings. The van der Waals surface area contributed by atoms with Gasteiger partial charge in [0.1, 0.15) is 28.7 Å². The van der Waals surface area contributed by atoms with Crippen LogP contribution in [-0.4, -0.2) is 93.5 Å². The number of oxazole rings is 2. The van der Waals surface area contributed by atoms with E-state index in [-0.39, 0.29) is 42.8 Å². The van der Waals surface area contributed by atoms with Gasteiger partial charge in [0.15, 0.2) is 0 Å². The Morgan fingerprint density at radius 1 is 0.588 bits per heavy atom. The number of halogens is 3. The number of aromatic nitrogens is 6. The maximum Gasteiger partial charge on any atom is 0.433 e. The van der Waals surface area contributed by atoms with Crippen molar-refractivity contribution in [3.05, 3.63) is 179 Å². The van der Waals surface area contributed by atoms with Crippen LogP contribution in [0.25, 0.3) is 22.9 Å². The Morgan fingerprint density at radius 2 is 1.05 bits per heavy atom. The number of hydrogen-bond acceptors (Lipinski definition) is 15. The average Bonchev–Trinajstić information content (AvgIpc) is 4.30. The highest BCUT2D eigenvalue weighted by atomic mass is 19.4. The number of carboxylic acids is 1. The third-order valence-electron chi connectivity index (χ3n) is 14.5. The number of aryl methyl sites for hydroxylation is 5. The molecule has 4 aromatic heterocycles. The molecule has 4 aromatic carbocycles. The molecule has 0 spiro atoms. The molecule has 0 aliphatic carbocycles. The number of nitrogens with zero attached hydrogens (tertiary/aromatic N) is 8. The highest BCUT2D eigenvalue weighted by Crippen LogP contribution is 2.34. The van der Waals surface area contributed by atoms with Gasteiger partial charge in [-0.1, -0.05) is 60.7 Å². The van der Waals surface area contributed by atoms with Crippen molar-refractivity contribution in [3.63, 3.8) is 0 Å². The molecule has 0 bridgehead atoms. The molecule has 0 amide bonds. The lowest BCUT2D eigenvalue weighted by Crippen LogP contribution is -2.25. The van der Waals surface area contributed by atoms with Crippen molar-refractivity contribution in [3.8, 4) is 34.4 Å². The molecule has 1 N–H and O–H groups in total. The number of hydrogen-bond donors (Lipinski definition) is 1. The first-order valence-corrected chi connectivity index (χ1v) is 26.6. The van der Waals surface area contributed by atoms with Crippen LogP contribution in [0, 0.1) is 44.4 Å². The van der Waals surface area contributed by atoms with Gasteiger partial charge in [0.25, 0.3) is 0 Å². The van der Waals surface area contributed by atoms with Gasteiger partial charge in [-0.05, 0) is 130 Å². The summed E-state index contributed by atoms with van der Waals surface area (Å²) in [6, 6.07) is 38.1. The minimum Gasteiger partial charge on any atom is -0.493 e. The van der Waals surface area contributed by atoms with E-state index in [1.165, 1.54) is 17.6 Å². The zero-order valence-corrected chi connectivity index (χ0v) is 45.0. The summed E-state index contributed by atoms with van der Waals surface area (Å²) in [5.41, 5.74) is 5.71. The second kappa shape index (κ2) is 25.9.